The van der Waals surface area contributed by atoms with Crippen molar-refractivity contribution in [1.82, 2.24) is 0 Å². The van der Waals surface area contributed by atoms with Crippen molar-refractivity contribution >= 4 is 32.3 Å². The van der Waals surface area contributed by atoms with Crippen LogP contribution >= 0.6 is 0 Å². The van der Waals surface area contributed by atoms with Gasteiger partial charge in [0.15, 0.2) is 0 Å². The Morgan fingerprint density at radius 3 is 1.57 bits per heavy atom. The third kappa shape index (κ3) is 4.08. The van der Waals surface area contributed by atoms with Crippen molar-refractivity contribution in [3.8, 4) is 44.5 Å². The van der Waals surface area contributed by atoms with Gasteiger partial charge in [0, 0.05) is 0 Å². The van der Waals surface area contributed by atoms with E-state index >= 15 is 0 Å². The second kappa shape index (κ2) is 10.2. The van der Waals surface area contributed by atoms with Crippen LogP contribution in [-0.4, -0.2) is 0 Å². The van der Waals surface area contributed by atoms with Crippen molar-refractivity contribution in [3.63, 3.8) is 0 Å². The molecule has 42 heavy (non-hydrogen) atoms. The van der Waals surface area contributed by atoms with Gasteiger partial charge in [0.05, 0.1) is 17.8 Å². The molecule has 8 rings (SSSR count). The summed E-state index contributed by atoms with van der Waals surface area (Å²) in [5.41, 5.74) is 3.26. The first-order chi connectivity index (χ1) is 26.2. The maximum Gasteiger partial charge on any atom is 0.0629 e. The van der Waals surface area contributed by atoms with Crippen LogP contribution in [0.3, 0.4) is 0 Å². The third-order valence-electron chi connectivity index (χ3n) is 7.56. The van der Waals surface area contributed by atoms with E-state index in [0.717, 1.165) is 33.0 Å². The van der Waals surface area contributed by atoms with Gasteiger partial charge >= 0.3 is 0 Å². The van der Waals surface area contributed by atoms with Crippen molar-refractivity contribution in [1.29, 1.82) is 0 Å². The standard InChI is InChI=1S/C42H28/c1-3-14-29(15-4-1)40-28-34(27-32-18-7-8-21-35(32)40)31-19-13-20-33(26-31)42-38-24-11-9-22-36(38)41(30-16-5-2-6-17-30)37-23-10-12-25-39(37)42/h1-28H/i2D,5D,6D,9D,10D,11D,12D,16D,17D,22D,23D,24D,25D. The highest BCUT2D eigenvalue weighted by Gasteiger charge is 2.17. The lowest BCUT2D eigenvalue weighted by atomic mass is 9.85. The van der Waals surface area contributed by atoms with Gasteiger partial charge in [-0.05, 0) is 95.0 Å². The summed E-state index contributed by atoms with van der Waals surface area (Å²) in [6.07, 6.45) is 0. The SMILES string of the molecule is [2H]c1c([2H])c([2H])c(-c2c3c([2H])c([2H])c([2H])c([2H])c3c(-c3cccc(-c4cc(-c5ccccc5)c5ccccc5c4)c3)c3c([2H])c([2H])c([2H])c([2H])c23)c([2H])c1[2H]. The lowest BCUT2D eigenvalue weighted by Crippen LogP contribution is -1.91. The maximum atomic E-state index is 9.25. The second-order valence-electron chi connectivity index (χ2n) is 9.94. The predicted molar refractivity (Wildman–Crippen MR) is 181 cm³/mol. The second-order valence-corrected chi connectivity index (χ2v) is 9.94. The fraction of sp³-hybridized carbons (Fsp3) is 0. The summed E-state index contributed by atoms with van der Waals surface area (Å²) in [7, 11) is 0. The molecule has 0 heteroatoms. The summed E-state index contributed by atoms with van der Waals surface area (Å²) >= 11 is 0. The topological polar surface area (TPSA) is 0 Å². The van der Waals surface area contributed by atoms with Crippen molar-refractivity contribution < 1.29 is 17.8 Å². The van der Waals surface area contributed by atoms with Gasteiger partial charge in [0.25, 0.3) is 0 Å². The molecule has 0 N–H and O–H groups in total. The van der Waals surface area contributed by atoms with E-state index in [1.807, 2.05) is 66.7 Å². The van der Waals surface area contributed by atoms with E-state index < -0.39 is 84.1 Å². The van der Waals surface area contributed by atoms with E-state index in [4.69, 9.17) is 12.3 Å². The summed E-state index contributed by atoms with van der Waals surface area (Å²) in [6.45, 7) is 0. The molecule has 0 aliphatic rings. The van der Waals surface area contributed by atoms with Gasteiger partial charge in [0.2, 0.25) is 0 Å². The molecule has 0 nitrogen and oxygen atoms in total. The zero-order valence-electron chi connectivity index (χ0n) is 35.2. The van der Waals surface area contributed by atoms with Gasteiger partial charge in [-0.1, -0.05) is 151 Å². The normalized spacial score (nSPS) is 15.7. The van der Waals surface area contributed by atoms with Gasteiger partial charge in [-0.2, -0.15) is 0 Å². The summed E-state index contributed by atoms with van der Waals surface area (Å²) in [6, 6.07) is 21.0. The Bertz CT molecular complexity index is 2850. The van der Waals surface area contributed by atoms with Crippen molar-refractivity contribution in [2.24, 2.45) is 0 Å². The molecule has 0 spiro atoms. The highest BCUT2D eigenvalue weighted by molar-refractivity contribution is 6.21. The molecule has 0 saturated carbocycles. The highest BCUT2D eigenvalue weighted by atomic mass is 14.2. The molecule has 0 atom stereocenters. The van der Waals surface area contributed by atoms with E-state index in [9.17, 15) is 5.48 Å². The summed E-state index contributed by atoms with van der Waals surface area (Å²) in [5.74, 6) is 0. The molecule has 0 aliphatic carbocycles. The van der Waals surface area contributed by atoms with Gasteiger partial charge in [-0.3, -0.25) is 0 Å². The van der Waals surface area contributed by atoms with E-state index in [1.54, 1.807) is 18.2 Å². The van der Waals surface area contributed by atoms with Gasteiger partial charge in [-0.15, -0.1) is 0 Å². The van der Waals surface area contributed by atoms with Gasteiger partial charge < -0.3 is 0 Å². The summed E-state index contributed by atoms with van der Waals surface area (Å²) in [4.78, 5) is 0. The van der Waals surface area contributed by atoms with Crippen molar-refractivity contribution in [2.45, 2.75) is 0 Å². The molecule has 0 aromatic heterocycles. The zero-order chi connectivity index (χ0) is 39.2. The van der Waals surface area contributed by atoms with Crippen LogP contribution in [0.15, 0.2) is 170 Å². The Kier molecular flexibility index (Phi) is 3.50. The molecular formula is C42H28. The molecule has 0 saturated heterocycles. The van der Waals surface area contributed by atoms with Crippen LogP contribution in [0.1, 0.15) is 17.8 Å². The molecule has 0 amide bonds. The molecule has 0 unspecified atom stereocenters. The first-order valence-electron chi connectivity index (χ1n) is 20.0. The number of hydrogen-bond donors (Lipinski definition) is 0. The molecule has 0 fully saturated rings. The first-order valence-corrected chi connectivity index (χ1v) is 13.5. The van der Waals surface area contributed by atoms with Crippen LogP contribution in [-0.2, 0) is 0 Å². The lowest BCUT2D eigenvalue weighted by Gasteiger charge is -2.18. The molecular weight excluding hydrogens is 504 g/mol. The minimum absolute atomic E-state index is 0.0889. The first kappa shape index (κ1) is 14.4. The average Bonchev–Trinajstić information content (AvgIpc) is 3.21. The number of fused-ring (bicyclic) bond motifs is 3. The lowest BCUT2D eigenvalue weighted by molar-refractivity contribution is 1.61. The summed E-state index contributed by atoms with van der Waals surface area (Å²) in [5, 5.41) is 1.31. The van der Waals surface area contributed by atoms with Crippen molar-refractivity contribution in [2.75, 3.05) is 0 Å². The smallest absolute Gasteiger partial charge is 0.0622 e. The molecule has 0 heterocycles. The Morgan fingerprint density at radius 1 is 0.333 bits per heavy atom. The van der Waals surface area contributed by atoms with Gasteiger partial charge in [0.1, 0.15) is 0 Å². The number of hydrogen-bond acceptors (Lipinski definition) is 0. The largest absolute Gasteiger partial charge is 0.0629 e. The van der Waals surface area contributed by atoms with E-state index in [-0.39, 0.29) is 32.7 Å². The van der Waals surface area contributed by atoms with Crippen LogP contribution < -0.4 is 0 Å². The minimum Gasteiger partial charge on any atom is -0.0622 e. The Morgan fingerprint density at radius 2 is 0.881 bits per heavy atom. The van der Waals surface area contributed by atoms with Crippen LogP contribution in [0, 0.1) is 0 Å². The Labute approximate surface area is 264 Å². The van der Waals surface area contributed by atoms with Gasteiger partial charge in [-0.25, -0.2) is 0 Å². The number of benzene rings is 8. The quantitative estimate of drug-likeness (QED) is 0.193. The van der Waals surface area contributed by atoms with E-state index in [0.29, 0.717) is 5.56 Å². The van der Waals surface area contributed by atoms with E-state index in [1.165, 1.54) is 0 Å². The van der Waals surface area contributed by atoms with E-state index in [2.05, 4.69) is 6.07 Å². The molecule has 8 aromatic carbocycles. The Hall–Kier alpha value is -5.46. The van der Waals surface area contributed by atoms with Crippen LogP contribution in [0.5, 0.6) is 0 Å². The predicted octanol–water partition coefficient (Wildman–Crippen LogP) is 11.8. The maximum absolute atomic E-state index is 9.25. The van der Waals surface area contributed by atoms with Crippen molar-refractivity contribution in [3.05, 3.63) is 170 Å². The highest BCUT2D eigenvalue weighted by Crippen LogP contribution is 2.44. The molecule has 0 bridgehead atoms. The fourth-order valence-electron chi connectivity index (χ4n) is 5.73. The fourth-order valence-corrected chi connectivity index (χ4v) is 5.73. The molecule has 0 aliphatic heterocycles. The minimum atomic E-state index is -0.707. The van der Waals surface area contributed by atoms with Crippen LogP contribution in [0.2, 0.25) is 0 Å². The monoisotopic (exact) mass is 545 g/mol. The molecule has 8 aromatic rings. The van der Waals surface area contributed by atoms with Crippen LogP contribution in [0.4, 0.5) is 0 Å². The molecule has 196 valence electrons. The average molecular weight is 546 g/mol. The third-order valence-corrected chi connectivity index (χ3v) is 7.56. The number of rotatable bonds is 4. The summed E-state index contributed by atoms with van der Waals surface area (Å²) < 4.78 is 114. The zero-order valence-corrected chi connectivity index (χ0v) is 22.2. The molecule has 0 radical (unpaired) electrons. The Balaban J connectivity index is 1.57. The van der Waals surface area contributed by atoms with Crippen LogP contribution in [0.25, 0.3) is 76.8 Å².